The van der Waals surface area contributed by atoms with Crippen LogP contribution in [-0.2, 0) is 0 Å². The van der Waals surface area contributed by atoms with Gasteiger partial charge in [-0.05, 0) is 41.0 Å². The van der Waals surface area contributed by atoms with Gasteiger partial charge in [-0.2, -0.15) is 0 Å². The largest absolute Gasteiger partial charge is 0.494 e. The normalized spacial score (nSPS) is 12.3. The number of hydrogen-bond donors (Lipinski definition) is 1. The Morgan fingerprint density at radius 1 is 0.905 bits per heavy atom. The molecule has 3 aromatic rings. The summed E-state index contributed by atoms with van der Waals surface area (Å²) in [5.74, 6) is 0.881. The number of rotatable bonds is 4. The van der Waals surface area contributed by atoms with E-state index in [0.717, 1.165) is 16.9 Å². The van der Waals surface area contributed by atoms with Gasteiger partial charge >= 0.3 is 0 Å². The van der Waals surface area contributed by atoms with Gasteiger partial charge in [-0.1, -0.05) is 54.6 Å². The molecule has 21 heavy (non-hydrogen) atoms. The van der Waals surface area contributed by atoms with Crippen LogP contribution in [0, 0.1) is 0 Å². The minimum Gasteiger partial charge on any atom is -0.494 e. The van der Waals surface area contributed by atoms with Gasteiger partial charge in [0, 0.05) is 0 Å². The van der Waals surface area contributed by atoms with Gasteiger partial charge in [-0.15, -0.1) is 0 Å². The Morgan fingerprint density at radius 3 is 2.38 bits per heavy atom. The predicted molar refractivity (Wildman–Crippen MR) is 87.6 cm³/mol. The topological polar surface area (TPSA) is 35.2 Å². The highest BCUT2D eigenvalue weighted by molar-refractivity contribution is 5.86. The summed E-state index contributed by atoms with van der Waals surface area (Å²) in [4.78, 5) is 0. The molecule has 2 heteroatoms. The maximum absolute atomic E-state index is 6.47. The predicted octanol–water partition coefficient (Wildman–Crippen LogP) is 4.29. The van der Waals surface area contributed by atoms with Gasteiger partial charge < -0.3 is 10.5 Å². The van der Waals surface area contributed by atoms with Crippen LogP contribution in [0.1, 0.15) is 24.1 Å². The first-order valence-electron chi connectivity index (χ1n) is 7.25. The molecular weight excluding hydrogens is 258 g/mol. The molecule has 0 aliphatic rings. The van der Waals surface area contributed by atoms with Crippen LogP contribution < -0.4 is 10.5 Å². The van der Waals surface area contributed by atoms with Crippen molar-refractivity contribution in [1.29, 1.82) is 0 Å². The summed E-state index contributed by atoms with van der Waals surface area (Å²) in [6.45, 7) is 2.66. The molecule has 0 radical (unpaired) electrons. The standard InChI is InChI=1S/C19H19NO/c1-2-21-16-12-10-15(11-13-16)19(20)18-9-5-7-14-6-3-4-8-17(14)18/h3-13,19H,2,20H2,1H3. The lowest BCUT2D eigenvalue weighted by Gasteiger charge is -2.16. The van der Waals surface area contributed by atoms with Crippen LogP contribution >= 0.6 is 0 Å². The van der Waals surface area contributed by atoms with Gasteiger partial charge in [0.05, 0.1) is 12.6 Å². The van der Waals surface area contributed by atoms with Crippen LogP contribution in [-0.4, -0.2) is 6.61 Å². The first-order valence-corrected chi connectivity index (χ1v) is 7.25. The molecule has 3 rings (SSSR count). The van der Waals surface area contributed by atoms with E-state index in [1.54, 1.807) is 0 Å². The minimum atomic E-state index is -0.133. The van der Waals surface area contributed by atoms with Gasteiger partial charge in [0.25, 0.3) is 0 Å². The molecule has 1 unspecified atom stereocenters. The molecule has 0 aliphatic heterocycles. The second-order valence-electron chi connectivity index (χ2n) is 5.05. The molecule has 0 amide bonds. The second kappa shape index (κ2) is 5.98. The minimum absolute atomic E-state index is 0.133. The lowest BCUT2D eigenvalue weighted by molar-refractivity contribution is 0.340. The Labute approximate surface area is 125 Å². The Kier molecular flexibility index (Phi) is 3.89. The van der Waals surface area contributed by atoms with Crippen molar-refractivity contribution in [3.05, 3.63) is 77.9 Å². The molecule has 2 N–H and O–H groups in total. The number of fused-ring (bicyclic) bond motifs is 1. The van der Waals surface area contributed by atoms with Crippen molar-refractivity contribution in [2.75, 3.05) is 6.61 Å². The molecule has 0 spiro atoms. The molecule has 0 saturated carbocycles. The summed E-state index contributed by atoms with van der Waals surface area (Å²) in [7, 11) is 0. The first-order chi connectivity index (χ1) is 10.3. The zero-order valence-corrected chi connectivity index (χ0v) is 12.1. The average Bonchev–Trinajstić information content (AvgIpc) is 2.55. The summed E-state index contributed by atoms with van der Waals surface area (Å²) in [6, 6.07) is 22.5. The quantitative estimate of drug-likeness (QED) is 0.772. The highest BCUT2D eigenvalue weighted by Crippen LogP contribution is 2.28. The summed E-state index contributed by atoms with van der Waals surface area (Å²) < 4.78 is 5.48. The maximum atomic E-state index is 6.47. The van der Waals surface area contributed by atoms with Gasteiger partial charge in [0.2, 0.25) is 0 Å². The van der Waals surface area contributed by atoms with Crippen LogP contribution in [0.2, 0.25) is 0 Å². The molecule has 0 bridgehead atoms. The van der Waals surface area contributed by atoms with E-state index in [1.807, 2.05) is 31.2 Å². The molecule has 1 atom stereocenters. The van der Waals surface area contributed by atoms with Crippen molar-refractivity contribution in [3.63, 3.8) is 0 Å². The Hall–Kier alpha value is -2.32. The summed E-state index contributed by atoms with van der Waals surface area (Å²) >= 11 is 0. The van der Waals surface area contributed by atoms with Crippen LogP contribution in [0.25, 0.3) is 10.8 Å². The van der Waals surface area contributed by atoms with Crippen LogP contribution in [0.3, 0.4) is 0 Å². The van der Waals surface area contributed by atoms with Crippen LogP contribution in [0.4, 0.5) is 0 Å². The average molecular weight is 277 g/mol. The zero-order valence-electron chi connectivity index (χ0n) is 12.1. The molecule has 3 aromatic carbocycles. The van der Waals surface area contributed by atoms with Gasteiger partial charge in [-0.25, -0.2) is 0 Å². The molecule has 2 nitrogen and oxygen atoms in total. The molecule has 0 saturated heterocycles. The fourth-order valence-electron chi connectivity index (χ4n) is 2.64. The molecule has 106 valence electrons. The molecule has 0 aromatic heterocycles. The summed E-state index contributed by atoms with van der Waals surface area (Å²) in [5.41, 5.74) is 8.71. The van der Waals surface area contributed by atoms with Crippen molar-refractivity contribution in [1.82, 2.24) is 0 Å². The van der Waals surface area contributed by atoms with Crippen molar-refractivity contribution in [2.24, 2.45) is 5.73 Å². The number of nitrogens with two attached hydrogens (primary N) is 1. The monoisotopic (exact) mass is 277 g/mol. The number of hydrogen-bond acceptors (Lipinski definition) is 2. The van der Waals surface area contributed by atoms with E-state index in [4.69, 9.17) is 10.5 Å². The number of benzene rings is 3. The van der Waals surface area contributed by atoms with Crippen LogP contribution in [0.5, 0.6) is 5.75 Å². The van der Waals surface area contributed by atoms with Crippen molar-refractivity contribution >= 4 is 10.8 Å². The highest BCUT2D eigenvalue weighted by atomic mass is 16.5. The fraction of sp³-hybridized carbons (Fsp3) is 0.158. The Balaban J connectivity index is 1.98. The van der Waals surface area contributed by atoms with E-state index < -0.39 is 0 Å². The molecule has 0 heterocycles. The van der Waals surface area contributed by atoms with E-state index in [0.29, 0.717) is 6.61 Å². The molecule has 0 fully saturated rings. The third kappa shape index (κ3) is 2.76. The second-order valence-corrected chi connectivity index (χ2v) is 5.05. The third-order valence-corrected chi connectivity index (χ3v) is 3.71. The van der Waals surface area contributed by atoms with E-state index in [1.165, 1.54) is 10.8 Å². The molecular formula is C19H19NO. The van der Waals surface area contributed by atoms with Gasteiger partial charge in [-0.3, -0.25) is 0 Å². The van der Waals surface area contributed by atoms with Gasteiger partial charge in [0.15, 0.2) is 0 Å². The van der Waals surface area contributed by atoms with E-state index in [-0.39, 0.29) is 6.04 Å². The Bertz CT molecular complexity index is 729. The van der Waals surface area contributed by atoms with Crippen LogP contribution in [0.15, 0.2) is 66.7 Å². The van der Waals surface area contributed by atoms with E-state index in [2.05, 4.69) is 42.5 Å². The SMILES string of the molecule is CCOc1ccc(C(N)c2cccc3ccccc23)cc1. The Morgan fingerprint density at radius 2 is 1.62 bits per heavy atom. The fourth-order valence-corrected chi connectivity index (χ4v) is 2.64. The van der Waals surface area contributed by atoms with E-state index in [9.17, 15) is 0 Å². The lowest BCUT2D eigenvalue weighted by Crippen LogP contribution is -2.12. The molecule has 0 aliphatic carbocycles. The summed E-state index contributed by atoms with van der Waals surface area (Å²) in [5, 5.41) is 2.43. The first kappa shape index (κ1) is 13.7. The number of ether oxygens (including phenoxy) is 1. The van der Waals surface area contributed by atoms with Crippen molar-refractivity contribution in [3.8, 4) is 5.75 Å². The summed E-state index contributed by atoms with van der Waals surface area (Å²) in [6.07, 6.45) is 0. The highest BCUT2D eigenvalue weighted by Gasteiger charge is 2.11. The zero-order chi connectivity index (χ0) is 14.7. The van der Waals surface area contributed by atoms with Crippen molar-refractivity contribution < 1.29 is 4.74 Å². The lowest BCUT2D eigenvalue weighted by atomic mass is 9.94. The van der Waals surface area contributed by atoms with E-state index >= 15 is 0 Å². The smallest absolute Gasteiger partial charge is 0.119 e. The van der Waals surface area contributed by atoms with Gasteiger partial charge in [0.1, 0.15) is 5.75 Å². The maximum Gasteiger partial charge on any atom is 0.119 e. The van der Waals surface area contributed by atoms with Crippen molar-refractivity contribution in [2.45, 2.75) is 13.0 Å². The third-order valence-electron chi connectivity index (χ3n) is 3.71.